The van der Waals surface area contributed by atoms with Crippen molar-refractivity contribution in [2.45, 2.75) is 6.42 Å². The average molecular weight is 158 g/mol. The van der Waals surface area contributed by atoms with Crippen molar-refractivity contribution in [3.05, 3.63) is 0 Å². The van der Waals surface area contributed by atoms with E-state index < -0.39 is 0 Å². The molecule has 0 aromatic carbocycles. The molecule has 4 N–H and O–H groups in total. The third-order valence-electron chi connectivity index (χ3n) is 2.09. The Morgan fingerprint density at radius 3 is 2.27 bits per heavy atom. The van der Waals surface area contributed by atoms with Gasteiger partial charge in [0.05, 0.1) is 0 Å². The third-order valence-corrected chi connectivity index (χ3v) is 2.09. The van der Waals surface area contributed by atoms with Crippen LogP contribution < -0.4 is 11.6 Å². The zero-order valence-electron chi connectivity index (χ0n) is 7.00. The van der Waals surface area contributed by atoms with Gasteiger partial charge < -0.3 is 10.6 Å². The number of hydrogen-bond acceptors (Lipinski definition) is 4. The van der Waals surface area contributed by atoms with E-state index in [2.05, 4.69) is 4.90 Å². The molecule has 4 heteroatoms. The summed E-state index contributed by atoms with van der Waals surface area (Å²) >= 11 is 0. The first-order valence-corrected chi connectivity index (χ1v) is 4.25. The molecular weight excluding hydrogens is 140 g/mol. The van der Waals surface area contributed by atoms with Crippen LogP contribution in [0, 0.1) is 0 Å². The van der Waals surface area contributed by atoms with Crippen molar-refractivity contribution in [3.63, 3.8) is 0 Å². The van der Waals surface area contributed by atoms with Crippen molar-refractivity contribution in [1.29, 1.82) is 0 Å². The molecule has 1 saturated heterocycles. The maximum atomic E-state index is 5.61. The van der Waals surface area contributed by atoms with Gasteiger partial charge in [-0.3, -0.25) is 5.84 Å². The van der Waals surface area contributed by atoms with Crippen molar-refractivity contribution in [1.82, 2.24) is 9.91 Å². The summed E-state index contributed by atoms with van der Waals surface area (Å²) in [7, 11) is 0. The van der Waals surface area contributed by atoms with Gasteiger partial charge in [0.15, 0.2) is 0 Å². The largest absolute Gasteiger partial charge is 0.330 e. The minimum absolute atomic E-state index is 0.794. The molecule has 1 fully saturated rings. The molecular formula is C7H18N4. The van der Waals surface area contributed by atoms with Crippen LogP contribution >= 0.6 is 0 Å². The van der Waals surface area contributed by atoms with E-state index in [1.165, 1.54) is 0 Å². The van der Waals surface area contributed by atoms with Crippen molar-refractivity contribution in [2.75, 3.05) is 39.3 Å². The Morgan fingerprint density at radius 1 is 1.09 bits per heavy atom. The van der Waals surface area contributed by atoms with Crippen LogP contribution in [0.1, 0.15) is 6.42 Å². The van der Waals surface area contributed by atoms with Gasteiger partial charge in [0.2, 0.25) is 0 Å². The summed E-state index contributed by atoms with van der Waals surface area (Å²) in [6.07, 6.45) is 1.10. The number of rotatable bonds is 3. The van der Waals surface area contributed by atoms with Gasteiger partial charge in [-0.25, -0.2) is 5.01 Å². The molecule has 0 aromatic heterocycles. The minimum atomic E-state index is 0.794. The predicted octanol–water partition coefficient (Wildman–Crippen LogP) is -1.17. The van der Waals surface area contributed by atoms with Crippen molar-refractivity contribution in [3.8, 4) is 0 Å². The SMILES string of the molecule is NCCCN1CCN(N)CC1. The van der Waals surface area contributed by atoms with Crippen molar-refractivity contribution in [2.24, 2.45) is 11.6 Å². The smallest absolute Gasteiger partial charge is 0.0257 e. The first-order valence-electron chi connectivity index (χ1n) is 4.25. The summed E-state index contributed by atoms with van der Waals surface area (Å²) in [4.78, 5) is 2.41. The molecule has 0 radical (unpaired) electrons. The molecule has 4 nitrogen and oxygen atoms in total. The third kappa shape index (κ3) is 3.16. The fourth-order valence-electron chi connectivity index (χ4n) is 1.30. The first kappa shape index (κ1) is 8.93. The highest BCUT2D eigenvalue weighted by atomic mass is 15.4. The van der Waals surface area contributed by atoms with Crippen LogP contribution in [0.15, 0.2) is 0 Å². The topological polar surface area (TPSA) is 58.5 Å². The highest BCUT2D eigenvalue weighted by Crippen LogP contribution is 1.97. The summed E-state index contributed by atoms with van der Waals surface area (Å²) < 4.78 is 0. The lowest BCUT2D eigenvalue weighted by Crippen LogP contribution is -2.49. The van der Waals surface area contributed by atoms with Gasteiger partial charge in [0.1, 0.15) is 0 Å². The van der Waals surface area contributed by atoms with Crippen molar-refractivity contribution >= 4 is 0 Å². The van der Waals surface area contributed by atoms with E-state index in [4.69, 9.17) is 11.6 Å². The Labute approximate surface area is 68.1 Å². The van der Waals surface area contributed by atoms with Crippen LogP contribution in [-0.2, 0) is 0 Å². The van der Waals surface area contributed by atoms with E-state index in [-0.39, 0.29) is 0 Å². The maximum Gasteiger partial charge on any atom is 0.0257 e. The molecule has 1 heterocycles. The zero-order valence-corrected chi connectivity index (χ0v) is 7.00. The van der Waals surface area contributed by atoms with Gasteiger partial charge in [0.25, 0.3) is 0 Å². The fourth-order valence-corrected chi connectivity index (χ4v) is 1.30. The summed E-state index contributed by atoms with van der Waals surface area (Å²) in [5, 5.41) is 1.87. The lowest BCUT2D eigenvalue weighted by molar-refractivity contribution is 0.133. The summed E-state index contributed by atoms with van der Waals surface area (Å²) in [5.41, 5.74) is 5.41. The Bertz CT molecular complexity index is 95.9. The second-order valence-electron chi connectivity index (χ2n) is 3.02. The van der Waals surface area contributed by atoms with E-state index in [0.717, 1.165) is 45.7 Å². The number of hydrogen-bond donors (Lipinski definition) is 2. The Balaban J connectivity index is 2.07. The molecule has 1 aliphatic rings. The molecule has 0 aromatic rings. The molecule has 1 aliphatic heterocycles. The second kappa shape index (κ2) is 4.66. The average Bonchev–Trinajstić information content (AvgIpc) is 2.04. The molecule has 0 spiro atoms. The second-order valence-corrected chi connectivity index (χ2v) is 3.02. The van der Waals surface area contributed by atoms with Crippen LogP contribution in [0.2, 0.25) is 0 Å². The molecule has 0 atom stereocenters. The summed E-state index contributed by atoms with van der Waals surface area (Å²) in [6, 6.07) is 0. The number of nitrogens with zero attached hydrogens (tertiary/aromatic N) is 2. The number of piperazine rings is 1. The first-order chi connectivity index (χ1) is 5.33. The van der Waals surface area contributed by atoms with Gasteiger partial charge in [0, 0.05) is 26.2 Å². The van der Waals surface area contributed by atoms with E-state index in [0.29, 0.717) is 0 Å². The molecule has 0 amide bonds. The standard InChI is InChI=1S/C7H18N4/c8-2-1-3-10-4-6-11(9)7-5-10/h1-9H2. The molecule has 66 valence electrons. The van der Waals surface area contributed by atoms with E-state index in [9.17, 15) is 0 Å². The normalized spacial score (nSPS) is 22.4. The molecule has 0 aliphatic carbocycles. The highest BCUT2D eigenvalue weighted by molar-refractivity contribution is 4.67. The maximum absolute atomic E-state index is 5.61. The van der Waals surface area contributed by atoms with Gasteiger partial charge in [-0.2, -0.15) is 0 Å². The number of nitrogens with two attached hydrogens (primary N) is 2. The van der Waals surface area contributed by atoms with E-state index >= 15 is 0 Å². The van der Waals surface area contributed by atoms with Crippen LogP contribution in [0.25, 0.3) is 0 Å². The monoisotopic (exact) mass is 158 g/mol. The van der Waals surface area contributed by atoms with Gasteiger partial charge in [-0.15, -0.1) is 0 Å². The molecule has 0 saturated carbocycles. The Kier molecular flexibility index (Phi) is 3.79. The van der Waals surface area contributed by atoms with Crippen molar-refractivity contribution < 1.29 is 0 Å². The number of hydrazine groups is 1. The Hall–Kier alpha value is -0.160. The van der Waals surface area contributed by atoms with Crippen LogP contribution in [0.3, 0.4) is 0 Å². The predicted molar refractivity (Wildman–Crippen MR) is 45.9 cm³/mol. The Morgan fingerprint density at radius 2 is 1.73 bits per heavy atom. The zero-order chi connectivity index (χ0) is 8.10. The van der Waals surface area contributed by atoms with Crippen LogP contribution in [-0.4, -0.2) is 49.2 Å². The quantitative estimate of drug-likeness (QED) is 0.508. The summed E-state index contributed by atoms with van der Waals surface area (Å²) in [5.74, 6) is 5.61. The van der Waals surface area contributed by atoms with E-state index in [1.54, 1.807) is 0 Å². The van der Waals surface area contributed by atoms with E-state index in [1.807, 2.05) is 5.01 Å². The van der Waals surface area contributed by atoms with Crippen LogP contribution in [0.5, 0.6) is 0 Å². The lowest BCUT2D eigenvalue weighted by Gasteiger charge is -2.31. The fraction of sp³-hybridized carbons (Fsp3) is 1.00. The molecule has 11 heavy (non-hydrogen) atoms. The molecule has 1 rings (SSSR count). The van der Waals surface area contributed by atoms with Crippen LogP contribution in [0.4, 0.5) is 0 Å². The lowest BCUT2D eigenvalue weighted by atomic mass is 10.3. The summed E-state index contributed by atoms with van der Waals surface area (Å²) in [6.45, 7) is 6.09. The van der Waals surface area contributed by atoms with Gasteiger partial charge >= 0.3 is 0 Å². The molecule has 0 bridgehead atoms. The van der Waals surface area contributed by atoms with Gasteiger partial charge in [-0.1, -0.05) is 0 Å². The highest BCUT2D eigenvalue weighted by Gasteiger charge is 2.12. The molecule has 0 unspecified atom stereocenters. The van der Waals surface area contributed by atoms with Gasteiger partial charge in [-0.05, 0) is 19.5 Å². The minimum Gasteiger partial charge on any atom is -0.330 e.